The molecule has 0 heterocycles. The maximum Gasteiger partial charge on any atom is 0.0179 e. The first-order valence-electron chi connectivity index (χ1n) is 6.00. The van der Waals surface area contributed by atoms with Crippen LogP contribution >= 0.6 is 22.6 Å². The smallest absolute Gasteiger partial charge is 0.0179 e. The lowest BCUT2D eigenvalue weighted by Crippen LogP contribution is -2.08. The van der Waals surface area contributed by atoms with E-state index in [-0.39, 0.29) is 0 Å². The highest BCUT2D eigenvalue weighted by Gasteiger charge is 2.17. The van der Waals surface area contributed by atoms with Gasteiger partial charge in [0.05, 0.1) is 0 Å². The molecule has 2 rings (SSSR count). The SMILES string of the molecule is C#C/C=C(\C=C/CI)C1=CC=C2C=CC=CC2C1. The van der Waals surface area contributed by atoms with Crippen LogP contribution in [0.1, 0.15) is 6.42 Å². The zero-order chi connectivity index (χ0) is 12.8. The van der Waals surface area contributed by atoms with Crippen LogP contribution in [0.25, 0.3) is 0 Å². The number of allylic oxidation sites excluding steroid dienone is 12. The summed E-state index contributed by atoms with van der Waals surface area (Å²) in [5.41, 5.74) is 3.87. The molecule has 0 N–H and O–H groups in total. The van der Waals surface area contributed by atoms with Gasteiger partial charge in [0, 0.05) is 10.3 Å². The summed E-state index contributed by atoms with van der Waals surface area (Å²) in [6.45, 7) is 0. The molecule has 1 unspecified atom stereocenters. The number of halogens is 1. The molecule has 1 heteroatoms. The number of hydrogen-bond acceptors (Lipinski definition) is 0. The number of fused-ring (bicyclic) bond motifs is 1. The first kappa shape index (κ1) is 13.2. The highest BCUT2D eigenvalue weighted by molar-refractivity contribution is 14.1. The van der Waals surface area contributed by atoms with Crippen molar-refractivity contribution < 1.29 is 0 Å². The van der Waals surface area contributed by atoms with Gasteiger partial charge in [-0.15, -0.1) is 6.42 Å². The van der Waals surface area contributed by atoms with E-state index in [0.29, 0.717) is 5.92 Å². The third-order valence-corrected chi connectivity index (χ3v) is 3.59. The monoisotopic (exact) mass is 346 g/mol. The largest absolute Gasteiger partial charge is 0.115 e. The average molecular weight is 346 g/mol. The Labute approximate surface area is 123 Å². The second kappa shape index (κ2) is 6.61. The van der Waals surface area contributed by atoms with Gasteiger partial charge in [0.15, 0.2) is 0 Å². The Morgan fingerprint density at radius 3 is 3.11 bits per heavy atom. The molecule has 0 aromatic rings. The number of hydrogen-bond donors (Lipinski definition) is 0. The summed E-state index contributed by atoms with van der Waals surface area (Å²) in [5.74, 6) is 3.14. The van der Waals surface area contributed by atoms with Crippen molar-refractivity contribution in [3.63, 3.8) is 0 Å². The second-order valence-electron chi connectivity index (χ2n) is 4.24. The standard InChI is InChI=1S/C17H15I/c1-2-6-14(9-5-12-18)17-11-10-15-7-3-4-8-16(15)13-17/h1,3-11,16H,12-13H2/b9-5-,14-6+. The Kier molecular flexibility index (Phi) is 4.83. The summed E-state index contributed by atoms with van der Waals surface area (Å²) < 4.78 is 1.00. The van der Waals surface area contributed by atoms with Gasteiger partial charge in [0.1, 0.15) is 0 Å². The van der Waals surface area contributed by atoms with Crippen LogP contribution in [0.15, 0.2) is 71.4 Å². The Morgan fingerprint density at radius 1 is 1.44 bits per heavy atom. The highest BCUT2D eigenvalue weighted by Crippen LogP contribution is 2.33. The van der Waals surface area contributed by atoms with Crippen LogP contribution in [0.3, 0.4) is 0 Å². The molecule has 0 radical (unpaired) electrons. The minimum absolute atomic E-state index is 0.504. The second-order valence-corrected chi connectivity index (χ2v) is 5.12. The third kappa shape index (κ3) is 3.14. The molecule has 0 aliphatic heterocycles. The Hall–Kier alpha value is -1.27. The Morgan fingerprint density at radius 2 is 2.33 bits per heavy atom. The lowest BCUT2D eigenvalue weighted by atomic mass is 9.82. The lowest BCUT2D eigenvalue weighted by Gasteiger charge is -2.22. The van der Waals surface area contributed by atoms with Gasteiger partial charge in [-0.05, 0) is 29.2 Å². The van der Waals surface area contributed by atoms with E-state index in [9.17, 15) is 0 Å². The van der Waals surface area contributed by atoms with Crippen LogP contribution in [0.2, 0.25) is 0 Å². The summed E-state index contributed by atoms with van der Waals surface area (Å²) in [6, 6.07) is 0. The van der Waals surface area contributed by atoms with E-state index in [1.54, 1.807) is 0 Å². The fourth-order valence-corrected chi connectivity index (χ4v) is 2.44. The van der Waals surface area contributed by atoms with Crippen LogP contribution in [-0.2, 0) is 0 Å². The predicted molar refractivity (Wildman–Crippen MR) is 87.5 cm³/mol. The molecule has 1 atom stereocenters. The van der Waals surface area contributed by atoms with E-state index in [2.05, 4.69) is 77.1 Å². The summed E-state index contributed by atoms with van der Waals surface area (Å²) in [5, 5.41) is 0. The Bertz CT molecular complexity index is 530. The van der Waals surface area contributed by atoms with E-state index in [0.717, 1.165) is 16.4 Å². The first-order chi connectivity index (χ1) is 8.85. The molecule has 0 saturated carbocycles. The van der Waals surface area contributed by atoms with Crippen molar-refractivity contribution in [1.29, 1.82) is 0 Å². The fourth-order valence-electron chi connectivity index (χ4n) is 2.19. The number of alkyl halides is 1. The van der Waals surface area contributed by atoms with Crippen molar-refractivity contribution in [3.8, 4) is 12.3 Å². The van der Waals surface area contributed by atoms with E-state index >= 15 is 0 Å². The quantitative estimate of drug-likeness (QED) is 0.305. The minimum Gasteiger partial charge on any atom is -0.115 e. The lowest BCUT2D eigenvalue weighted by molar-refractivity contribution is 0.754. The molecule has 0 fully saturated rings. The van der Waals surface area contributed by atoms with Gasteiger partial charge in [0.25, 0.3) is 0 Å². The Balaban J connectivity index is 2.26. The summed E-state index contributed by atoms with van der Waals surface area (Å²) in [6.07, 6.45) is 25.6. The van der Waals surface area contributed by atoms with Crippen molar-refractivity contribution in [3.05, 3.63) is 71.4 Å². The van der Waals surface area contributed by atoms with Crippen LogP contribution in [0.4, 0.5) is 0 Å². The molecule has 0 amide bonds. The molecule has 0 aromatic carbocycles. The van der Waals surface area contributed by atoms with Crippen LogP contribution in [-0.4, -0.2) is 4.43 Å². The van der Waals surface area contributed by atoms with E-state index in [4.69, 9.17) is 6.42 Å². The maximum atomic E-state index is 5.41. The molecule has 0 bridgehead atoms. The summed E-state index contributed by atoms with van der Waals surface area (Å²) in [4.78, 5) is 0. The zero-order valence-corrected chi connectivity index (χ0v) is 12.3. The van der Waals surface area contributed by atoms with Crippen LogP contribution < -0.4 is 0 Å². The molecule has 2 aliphatic rings. The third-order valence-electron chi connectivity index (χ3n) is 3.08. The van der Waals surface area contributed by atoms with Crippen LogP contribution in [0.5, 0.6) is 0 Å². The van der Waals surface area contributed by atoms with E-state index in [1.165, 1.54) is 11.1 Å². The molecular formula is C17H15I. The van der Waals surface area contributed by atoms with Gasteiger partial charge in [-0.3, -0.25) is 0 Å². The average Bonchev–Trinajstić information content (AvgIpc) is 2.43. The van der Waals surface area contributed by atoms with Gasteiger partial charge in [-0.25, -0.2) is 0 Å². The predicted octanol–water partition coefficient (Wildman–Crippen LogP) is 4.54. The van der Waals surface area contributed by atoms with Crippen molar-refractivity contribution in [2.75, 3.05) is 4.43 Å². The van der Waals surface area contributed by atoms with Crippen LogP contribution in [0, 0.1) is 18.3 Å². The van der Waals surface area contributed by atoms with Crippen molar-refractivity contribution in [2.45, 2.75) is 6.42 Å². The molecule has 90 valence electrons. The minimum atomic E-state index is 0.504. The normalized spacial score (nSPS) is 22.4. The van der Waals surface area contributed by atoms with Gasteiger partial charge in [-0.1, -0.05) is 77.1 Å². The van der Waals surface area contributed by atoms with Gasteiger partial charge >= 0.3 is 0 Å². The topological polar surface area (TPSA) is 0 Å². The molecule has 2 aliphatic carbocycles. The molecule has 0 spiro atoms. The molecule has 0 nitrogen and oxygen atoms in total. The number of rotatable bonds is 3. The highest BCUT2D eigenvalue weighted by atomic mass is 127. The van der Waals surface area contributed by atoms with E-state index < -0.39 is 0 Å². The molecular weight excluding hydrogens is 331 g/mol. The summed E-state index contributed by atoms with van der Waals surface area (Å²) in [7, 11) is 0. The molecule has 0 aromatic heterocycles. The van der Waals surface area contributed by atoms with Crippen molar-refractivity contribution in [1.82, 2.24) is 0 Å². The molecule has 0 saturated heterocycles. The fraction of sp³-hybridized carbons (Fsp3) is 0.176. The van der Waals surface area contributed by atoms with Crippen molar-refractivity contribution in [2.24, 2.45) is 5.92 Å². The first-order valence-corrected chi connectivity index (χ1v) is 7.52. The maximum absolute atomic E-state index is 5.41. The number of terminal acetylenes is 1. The van der Waals surface area contributed by atoms with E-state index in [1.807, 2.05) is 6.08 Å². The summed E-state index contributed by atoms with van der Waals surface area (Å²) >= 11 is 2.33. The zero-order valence-electron chi connectivity index (χ0n) is 10.1. The van der Waals surface area contributed by atoms with Gasteiger partial charge < -0.3 is 0 Å². The van der Waals surface area contributed by atoms with Crippen molar-refractivity contribution >= 4 is 22.6 Å². The van der Waals surface area contributed by atoms with Gasteiger partial charge in [0.2, 0.25) is 0 Å². The molecule has 18 heavy (non-hydrogen) atoms. The van der Waals surface area contributed by atoms with Gasteiger partial charge in [-0.2, -0.15) is 0 Å².